The van der Waals surface area contributed by atoms with Crippen molar-refractivity contribution in [2.45, 2.75) is 12.8 Å². The summed E-state index contributed by atoms with van der Waals surface area (Å²) in [6.07, 6.45) is 1.56. The van der Waals surface area contributed by atoms with Crippen LogP contribution in [0.3, 0.4) is 0 Å². The molecule has 3 rings (SSSR count). The second kappa shape index (κ2) is 4.61. The van der Waals surface area contributed by atoms with Crippen LogP contribution in [0.5, 0.6) is 0 Å². The maximum Gasteiger partial charge on any atom is 0.186 e. The Morgan fingerprint density at radius 3 is 1.39 bits per heavy atom. The van der Waals surface area contributed by atoms with Gasteiger partial charge in [-0.1, -0.05) is 60.7 Å². The normalized spacial score (nSPS) is 10.9. The number of rotatable bonds is 4. The van der Waals surface area contributed by atoms with Gasteiger partial charge >= 0.3 is 0 Å². The van der Waals surface area contributed by atoms with Crippen molar-refractivity contribution < 1.29 is 0 Å². The average Bonchev–Trinajstić information content (AvgIpc) is 3.01. The van der Waals surface area contributed by atoms with Crippen LogP contribution in [0, 0.1) is 0 Å². The number of benzene rings is 2. The third-order valence-corrected chi connectivity index (χ3v) is 3.30. The van der Waals surface area contributed by atoms with Gasteiger partial charge in [0.1, 0.15) is 0 Å². The first-order chi connectivity index (χ1) is 8.84. The van der Waals surface area contributed by atoms with Gasteiger partial charge in [0, 0.05) is 24.0 Å². The lowest BCUT2D eigenvalue weighted by atomic mass is 10.1. The molecule has 3 aromatic carbocycles. The summed E-state index contributed by atoms with van der Waals surface area (Å²) < 4.78 is 0. The first-order valence-electron chi connectivity index (χ1n) is 6.19. The van der Waals surface area contributed by atoms with Crippen LogP contribution in [0.4, 0.5) is 0 Å². The zero-order chi connectivity index (χ0) is 12.4. The molecule has 0 saturated carbocycles. The second-order valence-corrected chi connectivity index (χ2v) is 4.61. The van der Waals surface area contributed by atoms with E-state index in [1.165, 1.54) is 11.1 Å². The molecular weight excluding hydrogens is 220 g/mol. The van der Waals surface area contributed by atoms with Crippen LogP contribution in [-0.4, -0.2) is 0 Å². The molecule has 0 bridgehead atoms. The highest BCUT2D eigenvalue weighted by Crippen LogP contribution is 2.18. The minimum absolute atomic E-state index is 0.266. The minimum Gasteiger partial charge on any atom is -0.289 e. The highest BCUT2D eigenvalue weighted by Gasteiger charge is 2.21. The van der Waals surface area contributed by atoms with Crippen molar-refractivity contribution in [3.8, 4) is 0 Å². The van der Waals surface area contributed by atoms with Crippen molar-refractivity contribution in [3.05, 3.63) is 93.1 Å². The maximum atomic E-state index is 11.8. The highest BCUT2D eigenvalue weighted by molar-refractivity contribution is 5.45. The summed E-state index contributed by atoms with van der Waals surface area (Å²) in [6, 6.07) is 20.3. The molecule has 0 aliphatic heterocycles. The van der Waals surface area contributed by atoms with E-state index in [1.54, 1.807) is 0 Å². The largest absolute Gasteiger partial charge is 0.289 e. The average molecular weight is 234 g/mol. The predicted octanol–water partition coefficient (Wildman–Crippen LogP) is 3.10. The van der Waals surface area contributed by atoms with Crippen LogP contribution < -0.4 is 5.43 Å². The monoisotopic (exact) mass is 234 g/mol. The molecule has 0 aromatic heterocycles. The van der Waals surface area contributed by atoms with E-state index in [-0.39, 0.29) is 5.43 Å². The van der Waals surface area contributed by atoms with Gasteiger partial charge < -0.3 is 0 Å². The van der Waals surface area contributed by atoms with Crippen LogP contribution in [-0.2, 0) is 12.8 Å². The predicted molar refractivity (Wildman–Crippen MR) is 73.6 cm³/mol. The number of hydrogen-bond acceptors (Lipinski definition) is 1. The molecule has 0 spiro atoms. The Bertz CT molecular complexity index is 587. The first-order valence-corrected chi connectivity index (χ1v) is 6.19. The van der Waals surface area contributed by atoms with Gasteiger partial charge in [-0.3, -0.25) is 4.79 Å². The Morgan fingerprint density at radius 2 is 1.00 bits per heavy atom. The van der Waals surface area contributed by atoms with Gasteiger partial charge in [0.15, 0.2) is 5.43 Å². The van der Waals surface area contributed by atoms with Crippen LogP contribution in [0.25, 0.3) is 0 Å². The fraction of sp³-hybridized carbons (Fsp3) is 0.118. The third kappa shape index (κ3) is 2.25. The van der Waals surface area contributed by atoms with Gasteiger partial charge in [0.05, 0.1) is 0 Å². The molecule has 0 aliphatic carbocycles. The van der Waals surface area contributed by atoms with Gasteiger partial charge in [0.25, 0.3) is 0 Å². The molecule has 1 heteroatoms. The molecule has 0 aliphatic rings. The maximum absolute atomic E-state index is 11.8. The molecule has 0 saturated heterocycles. The molecule has 3 aromatic rings. The second-order valence-electron chi connectivity index (χ2n) is 4.61. The van der Waals surface area contributed by atoms with E-state index in [1.807, 2.05) is 36.4 Å². The van der Waals surface area contributed by atoms with E-state index < -0.39 is 0 Å². The Hall–Kier alpha value is -2.15. The molecule has 0 N–H and O–H groups in total. The van der Waals surface area contributed by atoms with Gasteiger partial charge in [-0.15, -0.1) is 0 Å². The van der Waals surface area contributed by atoms with E-state index in [0.29, 0.717) is 0 Å². The van der Waals surface area contributed by atoms with Crippen molar-refractivity contribution in [1.29, 1.82) is 0 Å². The molecule has 0 radical (unpaired) electrons. The lowest BCUT2D eigenvalue weighted by molar-refractivity contribution is 1.18. The Morgan fingerprint density at radius 1 is 0.611 bits per heavy atom. The minimum atomic E-state index is 0.266. The molecule has 0 unspecified atom stereocenters. The lowest BCUT2D eigenvalue weighted by Gasteiger charge is -1.96. The topological polar surface area (TPSA) is 17.1 Å². The molecule has 0 atom stereocenters. The highest BCUT2D eigenvalue weighted by atomic mass is 16.1. The van der Waals surface area contributed by atoms with Crippen LogP contribution in [0.2, 0.25) is 0 Å². The van der Waals surface area contributed by atoms with Crippen molar-refractivity contribution in [2.75, 3.05) is 0 Å². The van der Waals surface area contributed by atoms with Crippen molar-refractivity contribution in [3.63, 3.8) is 0 Å². The Kier molecular flexibility index (Phi) is 2.81. The zero-order valence-electron chi connectivity index (χ0n) is 10.1. The van der Waals surface area contributed by atoms with Gasteiger partial charge in [-0.25, -0.2) is 0 Å². The van der Waals surface area contributed by atoms with Gasteiger partial charge in [-0.05, 0) is 11.1 Å². The standard InChI is InChI=1S/C17H14O/c18-17-15(11-13-7-3-1-4-8-13)16(17)12-14-9-5-2-6-10-14/h1-10H,11-12H2. The Balaban J connectivity index is 1.72. The van der Waals surface area contributed by atoms with E-state index in [4.69, 9.17) is 0 Å². The summed E-state index contributed by atoms with van der Waals surface area (Å²) in [5, 5.41) is 0. The van der Waals surface area contributed by atoms with Crippen LogP contribution in [0.15, 0.2) is 65.5 Å². The quantitative estimate of drug-likeness (QED) is 0.678. The van der Waals surface area contributed by atoms with E-state index in [9.17, 15) is 4.79 Å². The van der Waals surface area contributed by atoms with E-state index in [0.717, 1.165) is 24.0 Å². The summed E-state index contributed by atoms with van der Waals surface area (Å²) in [7, 11) is 0. The van der Waals surface area contributed by atoms with Gasteiger partial charge in [-0.2, -0.15) is 0 Å². The smallest absolute Gasteiger partial charge is 0.186 e. The molecule has 0 heterocycles. The molecule has 0 fully saturated rings. The molecular formula is C17H14O. The van der Waals surface area contributed by atoms with Gasteiger partial charge in [0.2, 0.25) is 0 Å². The van der Waals surface area contributed by atoms with Crippen molar-refractivity contribution in [1.82, 2.24) is 0 Å². The summed E-state index contributed by atoms with van der Waals surface area (Å²) in [5.41, 5.74) is 4.70. The lowest BCUT2D eigenvalue weighted by Crippen LogP contribution is -1.85. The SMILES string of the molecule is O=c1c(Cc2ccccc2)c1Cc1ccccc1. The molecule has 0 amide bonds. The molecule has 1 nitrogen and oxygen atoms in total. The van der Waals surface area contributed by atoms with E-state index in [2.05, 4.69) is 24.3 Å². The van der Waals surface area contributed by atoms with Crippen molar-refractivity contribution in [2.24, 2.45) is 0 Å². The summed E-state index contributed by atoms with van der Waals surface area (Å²) >= 11 is 0. The fourth-order valence-electron chi connectivity index (χ4n) is 2.22. The summed E-state index contributed by atoms with van der Waals surface area (Å²) in [6.45, 7) is 0. The summed E-state index contributed by atoms with van der Waals surface area (Å²) in [4.78, 5) is 11.8. The Labute approximate surface area is 106 Å². The first kappa shape index (κ1) is 11.0. The third-order valence-electron chi connectivity index (χ3n) is 3.30. The zero-order valence-corrected chi connectivity index (χ0v) is 10.1. The molecule has 18 heavy (non-hydrogen) atoms. The molecule has 88 valence electrons. The van der Waals surface area contributed by atoms with E-state index >= 15 is 0 Å². The van der Waals surface area contributed by atoms with Crippen LogP contribution >= 0.6 is 0 Å². The van der Waals surface area contributed by atoms with Crippen LogP contribution in [0.1, 0.15) is 22.3 Å². The van der Waals surface area contributed by atoms with Crippen molar-refractivity contribution >= 4 is 0 Å². The summed E-state index contributed by atoms with van der Waals surface area (Å²) in [5.74, 6) is 0. The fourth-order valence-corrected chi connectivity index (χ4v) is 2.22. The number of hydrogen-bond donors (Lipinski definition) is 0.